The van der Waals surface area contributed by atoms with Crippen molar-refractivity contribution in [1.29, 1.82) is 0 Å². The molecule has 0 aromatic carbocycles. The molecule has 0 aliphatic rings. The van der Waals surface area contributed by atoms with E-state index in [2.05, 4.69) is 5.32 Å². The molecular weight excluding hydrogens is 190 g/mol. The fourth-order valence-electron chi connectivity index (χ4n) is 0.548. The van der Waals surface area contributed by atoms with Gasteiger partial charge in [0.05, 0.1) is 0 Å². The Morgan fingerprint density at radius 2 is 1.77 bits per heavy atom. The predicted octanol–water partition coefficient (Wildman–Crippen LogP) is 0.583. The molecule has 5 heteroatoms. The minimum absolute atomic E-state index is 0.0926. The molecule has 0 saturated heterocycles. The Kier molecular flexibility index (Phi) is 9.22. The molecule has 80 valence electrons. The van der Waals surface area contributed by atoms with E-state index >= 15 is 0 Å². The lowest BCUT2D eigenvalue weighted by Crippen LogP contribution is -2.15. The van der Waals surface area contributed by atoms with Crippen LogP contribution in [0, 0.1) is 0 Å². The minimum atomic E-state index is -2.67. The second-order valence-electron chi connectivity index (χ2n) is 2.66. The van der Waals surface area contributed by atoms with Gasteiger partial charge in [0.25, 0.3) is 0 Å². The van der Waals surface area contributed by atoms with Crippen LogP contribution in [0.3, 0.4) is 0 Å². The molecule has 0 aliphatic carbocycles. The van der Waals surface area contributed by atoms with Crippen molar-refractivity contribution in [3.05, 3.63) is 0 Å². The zero-order chi connectivity index (χ0) is 10.9. The summed E-state index contributed by atoms with van der Waals surface area (Å²) < 4.78 is 20.5. The quantitative estimate of drug-likeness (QED) is 0.739. The van der Waals surface area contributed by atoms with Gasteiger partial charge in [-0.25, -0.2) is 8.42 Å². The Morgan fingerprint density at radius 3 is 1.77 bits per heavy atom. The molecular formula is C8H19NO3S. The maximum atomic E-state index is 10.2. The lowest BCUT2D eigenvalue weighted by atomic mass is 10.5. The molecule has 13 heavy (non-hydrogen) atoms. The van der Waals surface area contributed by atoms with Crippen molar-refractivity contribution in [2.45, 2.75) is 26.7 Å². The molecule has 1 amide bonds. The molecule has 0 aromatic heterocycles. The third-order valence-electron chi connectivity index (χ3n) is 1.17. The average molecular weight is 209 g/mol. The van der Waals surface area contributed by atoms with Crippen molar-refractivity contribution < 1.29 is 13.2 Å². The molecule has 0 fully saturated rings. The molecule has 0 unspecified atom stereocenters. The van der Waals surface area contributed by atoms with E-state index in [-0.39, 0.29) is 5.91 Å². The van der Waals surface area contributed by atoms with E-state index in [1.807, 2.05) is 13.8 Å². The number of rotatable bonds is 3. The van der Waals surface area contributed by atoms with Crippen LogP contribution >= 0.6 is 0 Å². The maximum Gasteiger partial charge on any atom is 0.219 e. The molecule has 0 atom stereocenters. The van der Waals surface area contributed by atoms with Crippen molar-refractivity contribution in [3.8, 4) is 0 Å². The zero-order valence-electron chi connectivity index (χ0n) is 8.75. The van der Waals surface area contributed by atoms with Gasteiger partial charge in [0.15, 0.2) is 0 Å². The van der Waals surface area contributed by atoms with Crippen molar-refractivity contribution in [3.63, 3.8) is 0 Å². The molecule has 0 aromatic rings. The highest BCUT2D eigenvalue weighted by Crippen LogP contribution is 1.84. The maximum absolute atomic E-state index is 10.2. The van der Waals surface area contributed by atoms with Crippen LogP contribution < -0.4 is 5.32 Å². The van der Waals surface area contributed by atoms with Crippen molar-refractivity contribution in [2.24, 2.45) is 0 Å². The van der Waals surface area contributed by atoms with Gasteiger partial charge in [0.2, 0.25) is 5.91 Å². The van der Waals surface area contributed by atoms with E-state index < -0.39 is 9.84 Å². The Balaban J connectivity index is 0. The molecule has 0 bridgehead atoms. The van der Waals surface area contributed by atoms with Crippen molar-refractivity contribution in [2.75, 3.05) is 19.1 Å². The van der Waals surface area contributed by atoms with Gasteiger partial charge in [-0.15, -0.1) is 0 Å². The van der Waals surface area contributed by atoms with Gasteiger partial charge in [-0.2, -0.15) is 0 Å². The first-order valence-corrected chi connectivity index (χ1v) is 6.31. The first kappa shape index (κ1) is 14.9. The van der Waals surface area contributed by atoms with Gasteiger partial charge in [-0.3, -0.25) is 4.79 Å². The summed E-state index contributed by atoms with van der Waals surface area (Å²) in [6.45, 7) is 3.67. The van der Waals surface area contributed by atoms with Gasteiger partial charge in [-0.05, 0) is 6.42 Å². The number of sulfone groups is 1. The predicted molar refractivity (Wildman–Crippen MR) is 54.4 cm³/mol. The smallest absolute Gasteiger partial charge is 0.219 e. The summed E-state index contributed by atoms with van der Waals surface area (Å²) in [5, 5.41) is 2.48. The second-order valence-corrected chi connectivity index (χ2v) is 4.92. The summed E-state index contributed by atoms with van der Waals surface area (Å²) >= 11 is 0. The van der Waals surface area contributed by atoms with Gasteiger partial charge < -0.3 is 5.32 Å². The van der Waals surface area contributed by atoms with E-state index in [9.17, 15) is 13.2 Å². The van der Waals surface area contributed by atoms with Crippen LogP contribution in [-0.4, -0.2) is 33.4 Å². The number of hydrogen-bond acceptors (Lipinski definition) is 3. The Labute approximate surface area is 80.6 Å². The van der Waals surface area contributed by atoms with Crippen LogP contribution in [0.1, 0.15) is 26.7 Å². The number of carbonyl (C=O) groups excluding carboxylic acids is 1. The second kappa shape index (κ2) is 8.04. The number of hydrogen-bond donors (Lipinski definition) is 1. The third-order valence-corrected chi connectivity index (χ3v) is 2.32. The summed E-state index contributed by atoms with van der Waals surface area (Å²) in [6, 6.07) is 0. The summed E-state index contributed by atoms with van der Waals surface area (Å²) in [6.07, 6.45) is 2.55. The normalized spacial score (nSPS) is 9.85. The monoisotopic (exact) mass is 209 g/mol. The topological polar surface area (TPSA) is 63.2 Å². The van der Waals surface area contributed by atoms with Gasteiger partial charge in [0, 0.05) is 25.5 Å². The molecule has 0 spiro atoms. The summed E-state index contributed by atoms with van der Waals surface area (Å²) in [4.78, 5) is 10.1. The minimum Gasteiger partial charge on any atom is -0.359 e. The molecule has 0 rings (SSSR count). The zero-order valence-corrected chi connectivity index (χ0v) is 9.57. The molecule has 1 N–H and O–H groups in total. The van der Waals surface area contributed by atoms with Crippen LogP contribution in [-0.2, 0) is 14.6 Å². The Hall–Kier alpha value is -0.580. The van der Waals surface area contributed by atoms with E-state index in [1.165, 1.54) is 6.26 Å². The first-order valence-electron chi connectivity index (χ1n) is 4.25. The lowest BCUT2D eigenvalue weighted by molar-refractivity contribution is -0.120. The molecule has 0 radical (unpaired) electrons. The summed E-state index contributed by atoms with van der Waals surface area (Å²) in [5.74, 6) is 0.405. The van der Waals surface area contributed by atoms with Crippen LogP contribution in [0.25, 0.3) is 0 Å². The highest BCUT2D eigenvalue weighted by atomic mass is 32.2. The highest BCUT2D eigenvalue weighted by Gasteiger charge is 1.95. The van der Waals surface area contributed by atoms with Crippen molar-refractivity contribution >= 4 is 15.7 Å². The molecule has 0 saturated carbocycles. The molecule has 4 nitrogen and oxygen atoms in total. The summed E-state index contributed by atoms with van der Waals surface area (Å²) in [5.41, 5.74) is 0. The fourth-order valence-corrected chi connectivity index (χ4v) is 1.29. The van der Waals surface area contributed by atoms with Crippen LogP contribution in [0.5, 0.6) is 0 Å². The summed E-state index contributed by atoms with van der Waals surface area (Å²) in [7, 11) is -1.04. The first-order chi connectivity index (χ1) is 5.87. The van der Waals surface area contributed by atoms with Gasteiger partial charge in [-0.1, -0.05) is 13.8 Å². The van der Waals surface area contributed by atoms with Crippen LogP contribution in [0.2, 0.25) is 0 Å². The van der Waals surface area contributed by atoms with Gasteiger partial charge >= 0.3 is 0 Å². The van der Waals surface area contributed by atoms with E-state index in [0.29, 0.717) is 12.2 Å². The van der Waals surface area contributed by atoms with Crippen LogP contribution in [0.15, 0.2) is 0 Å². The van der Waals surface area contributed by atoms with Crippen molar-refractivity contribution in [1.82, 2.24) is 5.32 Å². The SMILES string of the molecule is CCC(=O)NC.CCCS(C)(=O)=O. The Bertz CT molecular complexity index is 216. The largest absolute Gasteiger partial charge is 0.359 e. The standard InChI is InChI=1S/C4H9NO.C4H10O2S/c1-3-4(6)5-2;1-3-4-7(2,5)6/h3H2,1-2H3,(H,5,6);3-4H2,1-2H3. The van der Waals surface area contributed by atoms with E-state index in [0.717, 1.165) is 6.42 Å². The van der Waals surface area contributed by atoms with E-state index in [1.54, 1.807) is 7.05 Å². The number of nitrogens with one attached hydrogen (secondary N) is 1. The molecule has 0 heterocycles. The molecule has 0 aliphatic heterocycles. The lowest BCUT2D eigenvalue weighted by Gasteiger charge is -1.87. The highest BCUT2D eigenvalue weighted by molar-refractivity contribution is 7.90. The number of amides is 1. The Morgan fingerprint density at radius 1 is 1.31 bits per heavy atom. The number of carbonyl (C=O) groups is 1. The van der Waals surface area contributed by atoms with Gasteiger partial charge in [0.1, 0.15) is 9.84 Å². The average Bonchev–Trinajstić information content (AvgIpc) is 2.02. The van der Waals surface area contributed by atoms with E-state index in [4.69, 9.17) is 0 Å². The fraction of sp³-hybridized carbons (Fsp3) is 0.875. The third kappa shape index (κ3) is 18.4. The van der Waals surface area contributed by atoms with Crippen LogP contribution in [0.4, 0.5) is 0 Å².